The first-order valence-corrected chi connectivity index (χ1v) is 12.9. The number of ether oxygens (including phenoxy) is 2. The van der Waals surface area contributed by atoms with E-state index in [1.54, 1.807) is 11.8 Å². The Balaban J connectivity index is 1.21. The first-order chi connectivity index (χ1) is 18.7. The van der Waals surface area contributed by atoms with Gasteiger partial charge in [-0.2, -0.15) is 4.98 Å². The number of nitrogens with one attached hydrogen (secondary N) is 3. The van der Waals surface area contributed by atoms with Gasteiger partial charge in [-0.3, -0.25) is 10.6 Å². The third kappa shape index (κ3) is 6.08. The fourth-order valence-electron chi connectivity index (χ4n) is 5.19. The quantitative estimate of drug-likeness (QED) is 0.472. The van der Waals surface area contributed by atoms with Gasteiger partial charge < -0.3 is 24.6 Å². The van der Waals surface area contributed by atoms with E-state index in [-0.39, 0.29) is 42.7 Å². The van der Waals surface area contributed by atoms with Crippen molar-refractivity contribution in [2.24, 2.45) is 5.92 Å². The molecule has 4 atom stereocenters. The highest BCUT2D eigenvalue weighted by Gasteiger charge is 2.48. The van der Waals surface area contributed by atoms with Crippen molar-refractivity contribution in [3.05, 3.63) is 24.7 Å². The number of hydrogen-bond donors (Lipinski definition) is 3. The number of alkyl halides is 2. The maximum Gasteiger partial charge on any atom is 0.413 e. The summed E-state index contributed by atoms with van der Waals surface area (Å²) in [5, 5.41) is 8.46. The summed E-state index contributed by atoms with van der Waals surface area (Å²) < 4.78 is 40.7. The molecule has 2 saturated heterocycles. The second-order valence-corrected chi connectivity index (χ2v) is 9.83. The highest BCUT2D eigenvalue weighted by molar-refractivity contribution is 5.88. The lowest BCUT2D eigenvalue weighted by atomic mass is 10.00. The third-order valence-electron chi connectivity index (χ3n) is 7.25. The zero-order valence-electron chi connectivity index (χ0n) is 21.6. The molecule has 2 aromatic rings. The molecule has 13 nitrogen and oxygen atoms in total. The molecule has 4 heterocycles. The molecule has 0 aromatic carbocycles. The second kappa shape index (κ2) is 11.1. The first kappa shape index (κ1) is 26.7. The van der Waals surface area contributed by atoms with E-state index in [4.69, 9.17) is 9.47 Å². The molecule has 39 heavy (non-hydrogen) atoms. The Bertz CT molecular complexity index is 1190. The number of carbonyl (C=O) groups excluding carboxylic acids is 2. The minimum atomic E-state index is -3.15. The third-order valence-corrected chi connectivity index (χ3v) is 7.25. The highest BCUT2D eigenvalue weighted by Crippen LogP contribution is 2.34. The van der Waals surface area contributed by atoms with E-state index in [9.17, 15) is 18.4 Å². The number of nitrogens with zero attached hydrogens (tertiary/aromatic N) is 6. The summed E-state index contributed by atoms with van der Waals surface area (Å²) in [4.78, 5) is 44.3. The molecule has 1 aliphatic carbocycles. The summed E-state index contributed by atoms with van der Waals surface area (Å²) in [6.07, 6.45) is 4.56. The summed E-state index contributed by atoms with van der Waals surface area (Å²) in [7, 11) is 1.29. The van der Waals surface area contributed by atoms with Gasteiger partial charge in [0.2, 0.25) is 11.8 Å². The van der Waals surface area contributed by atoms with Crippen molar-refractivity contribution in [1.82, 2.24) is 30.2 Å². The second-order valence-electron chi connectivity index (χ2n) is 9.83. The molecule has 3 N–H and O–H groups in total. The van der Waals surface area contributed by atoms with Crippen LogP contribution in [0, 0.1) is 5.92 Å². The number of urea groups is 1. The number of rotatable bonds is 7. The lowest BCUT2D eigenvalue weighted by Gasteiger charge is -2.42. The van der Waals surface area contributed by atoms with Gasteiger partial charge in [0.05, 0.1) is 19.0 Å². The number of aromatic nitrogens is 4. The summed E-state index contributed by atoms with van der Waals surface area (Å²) in [5.41, 5.74) is 0. The summed E-state index contributed by atoms with van der Waals surface area (Å²) >= 11 is 0. The van der Waals surface area contributed by atoms with Crippen LogP contribution in [0.2, 0.25) is 0 Å². The van der Waals surface area contributed by atoms with E-state index in [0.29, 0.717) is 18.6 Å². The van der Waals surface area contributed by atoms with E-state index in [1.165, 1.54) is 31.7 Å². The van der Waals surface area contributed by atoms with Crippen LogP contribution >= 0.6 is 0 Å². The van der Waals surface area contributed by atoms with Crippen molar-refractivity contribution in [2.75, 3.05) is 48.8 Å². The van der Waals surface area contributed by atoms with Gasteiger partial charge in [-0.15, -0.1) is 0 Å². The molecule has 5 rings (SSSR count). The molecule has 0 unspecified atom stereocenters. The van der Waals surface area contributed by atoms with Crippen LogP contribution in [0.4, 0.5) is 36.0 Å². The molecule has 210 valence electrons. The molecule has 2 aromatic heterocycles. The summed E-state index contributed by atoms with van der Waals surface area (Å²) in [5.74, 6) is -2.11. The molecule has 0 radical (unpaired) electrons. The number of fused-ring (bicyclic) bond motifs is 2. The Morgan fingerprint density at radius 3 is 2.74 bits per heavy atom. The summed E-state index contributed by atoms with van der Waals surface area (Å²) in [6, 6.07) is -0.355. The van der Waals surface area contributed by atoms with Crippen molar-refractivity contribution >= 4 is 29.7 Å². The smallest absolute Gasteiger partial charge is 0.413 e. The predicted octanol–water partition coefficient (Wildman–Crippen LogP) is 2.34. The molecular weight excluding hydrogens is 516 g/mol. The van der Waals surface area contributed by atoms with Crippen LogP contribution in [0.1, 0.15) is 26.2 Å². The zero-order chi connectivity index (χ0) is 27.6. The maximum absolute atomic E-state index is 14.9. The molecule has 2 bridgehead atoms. The number of amides is 3. The first-order valence-electron chi connectivity index (χ1n) is 12.9. The van der Waals surface area contributed by atoms with Crippen LogP contribution in [0.25, 0.3) is 0 Å². The molecular formula is C24H31F2N9O4. The normalized spacial score (nSPS) is 25.2. The SMILES string of the molecule is CCOc1cnc(NC(=O)N(C)[C@H]2CN(c3nccc(NC(=O)O[C@H]4C[C@H]5C[C@@H]4CN5)n3)CCC2(F)F)cn1. The van der Waals surface area contributed by atoms with E-state index >= 15 is 0 Å². The van der Waals surface area contributed by atoms with Crippen molar-refractivity contribution in [2.45, 2.75) is 50.3 Å². The maximum atomic E-state index is 14.9. The minimum Gasteiger partial charge on any atom is -0.477 e. The average molecular weight is 548 g/mol. The van der Waals surface area contributed by atoms with E-state index < -0.39 is 30.5 Å². The number of hydrogen-bond acceptors (Lipinski definition) is 10. The van der Waals surface area contributed by atoms with Crippen LogP contribution in [-0.2, 0) is 4.74 Å². The van der Waals surface area contributed by atoms with Gasteiger partial charge in [-0.25, -0.2) is 33.3 Å². The van der Waals surface area contributed by atoms with Gasteiger partial charge in [0.25, 0.3) is 5.92 Å². The minimum absolute atomic E-state index is 0.0324. The van der Waals surface area contributed by atoms with Gasteiger partial charge in [0, 0.05) is 57.7 Å². The van der Waals surface area contributed by atoms with Gasteiger partial charge in [0.1, 0.15) is 18.0 Å². The van der Waals surface area contributed by atoms with Crippen LogP contribution in [-0.4, -0.2) is 94.4 Å². The Labute approximate surface area is 223 Å². The van der Waals surface area contributed by atoms with Gasteiger partial charge in [-0.05, 0) is 19.4 Å². The van der Waals surface area contributed by atoms with Gasteiger partial charge in [0.15, 0.2) is 5.82 Å². The van der Waals surface area contributed by atoms with Crippen LogP contribution in [0.5, 0.6) is 5.88 Å². The molecule has 1 saturated carbocycles. The van der Waals surface area contributed by atoms with Crippen LogP contribution in [0.3, 0.4) is 0 Å². The largest absolute Gasteiger partial charge is 0.477 e. The lowest BCUT2D eigenvalue weighted by molar-refractivity contribution is -0.0760. The Morgan fingerprint density at radius 2 is 2.05 bits per heavy atom. The Morgan fingerprint density at radius 1 is 1.21 bits per heavy atom. The monoisotopic (exact) mass is 547 g/mol. The highest BCUT2D eigenvalue weighted by atomic mass is 19.3. The number of likely N-dealkylation sites (N-methyl/N-ethyl adjacent to an activating group) is 1. The molecule has 3 amide bonds. The topological polar surface area (TPSA) is 147 Å². The number of anilines is 3. The van der Waals surface area contributed by atoms with Gasteiger partial charge >= 0.3 is 12.1 Å². The van der Waals surface area contributed by atoms with Crippen molar-refractivity contribution in [1.29, 1.82) is 0 Å². The van der Waals surface area contributed by atoms with E-state index in [0.717, 1.165) is 24.3 Å². The number of halogens is 2. The molecule has 2 aliphatic heterocycles. The molecule has 3 aliphatic rings. The number of carbonyl (C=O) groups is 2. The molecule has 0 spiro atoms. The van der Waals surface area contributed by atoms with E-state index in [1.807, 2.05) is 0 Å². The van der Waals surface area contributed by atoms with Crippen molar-refractivity contribution in [3.63, 3.8) is 0 Å². The summed E-state index contributed by atoms with van der Waals surface area (Å²) in [6.45, 7) is 2.78. The molecule has 15 heteroatoms. The van der Waals surface area contributed by atoms with Crippen LogP contribution in [0.15, 0.2) is 24.7 Å². The van der Waals surface area contributed by atoms with Gasteiger partial charge in [-0.1, -0.05) is 0 Å². The number of piperidine rings is 2. The Hall–Kier alpha value is -3.88. The fraction of sp³-hybridized carbons (Fsp3) is 0.583. The van der Waals surface area contributed by atoms with Crippen LogP contribution < -0.4 is 25.6 Å². The zero-order valence-corrected chi connectivity index (χ0v) is 21.6. The lowest BCUT2D eigenvalue weighted by Crippen LogP contribution is -2.60. The van der Waals surface area contributed by atoms with Crippen molar-refractivity contribution in [3.8, 4) is 5.88 Å². The fourth-order valence-corrected chi connectivity index (χ4v) is 5.19. The average Bonchev–Trinajstić information content (AvgIpc) is 3.53. The predicted molar refractivity (Wildman–Crippen MR) is 136 cm³/mol. The standard InChI is InChI=1S/C24H31F2N9O4/c1-3-38-20-12-29-19(11-30-20)32-22(36)34(2)17-13-35(7-5-24(17,25)26)21-27-6-4-18(31-21)33-23(37)39-16-9-15-8-14(16)10-28-15/h4,6,11-12,14-17,28H,3,5,7-10,13H2,1-2H3,(H,29,32,36)(H,27,31,33,37)/t14-,15-,16+,17+/m1/s1. The molecule has 3 fully saturated rings. The van der Waals surface area contributed by atoms with Crippen molar-refractivity contribution < 1.29 is 27.8 Å². The Kier molecular flexibility index (Phi) is 7.59. The van der Waals surface area contributed by atoms with E-state index in [2.05, 4.69) is 35.9 Å².